The van der Waals surface area contributed by atoms with Crippen molar-refractivity contribution in [2.24, 2.45) is 0 Å². The van der Waals surface area contributed by atoms with Crippen LogP contribution in [0.15, 0.2) is 18.7 Å². The Labute approximate surface area is 83.6 Å². The molecule has 0 bridgehead atoms. The van der Waals surface area contributed by atoms with Crippen LogP contribution in [0.4, 0.5) is 5.82 Å². The number of rotatable bonds is 0. The van der Waals surface area contributed by atoms with Gasteiger partial charge in [-0.05, 0) is 19.1 Å². The van der Waals surface area contributed by atoms with E-state index in [1.165, 1.54) is 0 Å². The molecule has 2 unspecified atom stereocenters. The predicted molar refractivity (Wildman–Crippen MR) is 56.6 cm³/mol. The molecule has 3 nitrogen and oxygen atoms in total. The molecule has 1 aliphatic heterocycles. The van der Waals surface area contributed by atoms with Gasteiger partial charge in [0.15, 0.2) is 0 Å². The van der Waals surface area contributed by atoms with Crippen LogP contribution in [0, 0.1) is 0 Å². The minimum Gasteiger partial charge on any atom is -0.490 e. The number of ether oxygens (including phenoxy) is 1. The number of aromatic nitrogens is 1. The van der Waals surface area contributed by atoms with Crippen molar-refractivity contribution >= 4 is 11.6 Å². The maximum absolute atomic E-state index is 5.65. The molecule has 14 heavy (non-hydrogen) atoms. The van der Waals surface area contributed by atoms with E-state index < -0.39 is 0 Å². The molecule has 1 aromatic rings. The van der Waals surface area contributed by atoms with Crippen LogP contribution in [-0.2, 0) is 4.74 Å². The van der Waals surface area contributed by atoms with Crippen molar-refractivity contribution in [3.63, 3.8) is 0 Å². The maximum atomic E-state index is 5.65. The van der Waals surface area contributed by atoms with Gasteiger partial charge in [0.25, 0.3) is 0 Å². The molecule has 3 heteroatoms. The summed E-state index contributed by atoms with van der Waals surface area (Å²) >= 11 is 0. The summed E-state index contributed by atoms with van der Waals surface area (Å²) in [6, 6.07) is 3.69. The van der Waals surface area contributed by atoms with Crippen molar-refractivity contribution in [3.05, 3.63) is 30.0 Å². The Morgan fingerprint density at radius 1 is 1.43 bits per heavy atom. The largest absolute Gasteiger partial charge is 0.490 e. The fourth-order valence-corrected chi connectivity index (χ4v) is 1.69. The van der Waals surface area contributed by atoms with Crippen LogP contribution in [0.2, 0.25) is 0 Å². The normalized spacial score (nSPS) is 25.4. The fourth-order valence-electron chi connectivity index (χ4n) is 1.69. The quantitative estimate of drug-likeness (QED) is 0.682. The molecule has 0 radical (unpaired) electrons. The molecule has 2 heterocycles. The number of fused-ring (bicyclic) bond motifs is 1. The molecule has 0 fully saturated rings. The molecular weight excluding hydrogens is 176 g/mol. The molecule has 1 aliphatic rings. The lowest BCUT2D eigenvalue weighted by Gasteiger charge is -2.30. The number of hydrogen-bond acceptors (Lipinski definition) is 3. The van der Waals surface area contributed by atoms with E-state index >= 15 is 0 Å². The Kier molecular flexibility index (Phi) is 1.95. The van der Waals surface area contributed by atoms with Crippen molar-refractivity contribution in [1.29, 1.82) is 0 Å². The lowest BCUT2D eigenvalue weighted by molar-refractivity contribution is 0.148. The van der Waals surface area contributed by atoms with Crippen LogP contribution in [0.1, 0.15) is 31.0 Å². The Morgan fingerprint density at radius 2 is 2.14 bits per heavy atom. The Morgan fingerprint density at radius 3 is 2.86 bits per heavy atom. The van der Waals surface area contributed by atoms with Gasteiger partial charge in [-0.1, -0.05) is 13.5 Å². The number of anilines is 1. The monoisotopic (exact) mass is 190 g/mol. The molecule has 1 aromatic heterocycles. The fraction of sp³-hybridized carbons (Fsp3) is 0.364. The first-order valence-electron chi connectivity index (χ1n) is 4.72. The average Bonchev–Trinajstić information content (AvgIpc) is 2.14. The van der Waals surface area contributed by atoms with E-state index in [1.807, 2.05) is 13.0 Å². The molecule has 2 N–H and O–H groups in total. The Bertz CT molecular complexity index is 387. The standard InChI is InChI=1S/C11H14N2O/c1-6-7(2)14-8(3)9-4-5-10(12)13-11(6)9/h4-7H,3H2,1-2H3,(H2,12,13). The van der Waals surface area contributed by atoms with Crippen LogP contribution in [-0.4, -0.2) is 11.1 Å². The second-order valence-electron chi connectivity index (χ2n) is 3.70. The van der Waals surface area contributed by atoms with Crippen LogP contribution in [0.5, 0.6) is 0 Å². The smallest absolute Gasteiger partial charge is 0.123 e. The second kappa shape index (κ2) is 3.01. The number of pyridine rings is 1. The van der Waals surface area contributed by atoms with Gasteiger partial charge in [0, 0.05) is 11.5 Å². The third-order valence-electron chi connectivity index (χ3n) is 2.71. The van der Waals surface area contributed by atoms with Gasteiger partial charge in [-0.2, -0.15) is 0 Å². The highest BCUT2D eigenvalue weighted by Gasteiger charge is 2.27. The zero-order valence-electron chi connectivity index (χ0n) is 8.45. The van der Waals surface area contributed by atoms with Gasteiger partial charge in [0.1, 0.15) is 17.7 Å². The molecule has 0 aliphatic carbocycles. The van der Waals surface area contributed by atoms with Gasteiger partial charge in [0.2, 0.25) is 0 Å². The number of nitrogens with two attached hydrogens (primary N) is 1. The zero-order chi connectivity index (χ0) is 10.3. The summed E-state index contributed by atoms with van der Waals surface area (Å²) in [6.45, 7) is 7.97. The molecule has 0 saturated carbocycles. The minimum absolute atomic E-state index is 0.115. The van der Waals surface area contributed by atoms with Crippen molar-refractivity contribution in [2.45, 2.75) is 25.9 Å². The summed E-state index contributed by atoms with van der Waals surface area (Å²) in [5.41, 5.74) is 7.62. The summed E-state index contributed by atoms with van der Waals surface area (Å²) in [7, 11) is 0. The summed E-state index contributed by atoms with van der Waals surface area (Å²) in [4.78, 5) is 4.33. The van der Waals surface area contributed by atoms with E-state index in [4.69, 9.17) is 10.5 Å². The van der Waals surface area contributed by atoms with Gasteiger partial charge in [0.05, 0.1) is 5.69 Å². The minimum atomic E-state index is 0.115. The average molecular weight is 190 g/mol. The number of nitrogen functional groups attached to an aromatic ring is 1. The van der Waals surface area contributed by atoms with Crippen LogP contribution < -0.4 is 5.73 Å². The van der Waals surface area contributed by atoms with E-state index in [0.29, 0.717) is 11.6 Å². The summed E-state index contributed by atoms with van der Waals surface area (Å²) in [5, 5.41) is 0. The van der Waals surface area contributed by atoms with E-state index in [2.05, 4.69) is 18.5 Å². The summed E-state index contributed by atoms with van der Waals surface area (Å²) in [6.07, 6.45) is 0.115. The number of hydrogen-bond donors (Lipinski definition) is 1. The molecule has 0 amide bonds. The first kappa shape index (κ1) is 9.06. The molecular formula is C11H14N2O. The zero-order valence-corrected chi connectivity index (χ0v) is 8.45. The third-order valence-corrected chi connectivity index (χ3v) is 2.71. The molecule has 0 spiro atoms. The van der Waals surface area contributed by atoms with E-state index in [-0.39, 0.29) is 12.0 Å². The summed E-state index contributed by atoms with van der Waals surface area (Å²) in [5.74, 6) is 1.51. The first-order chi connectivity index (χ1) is 6.59. The third kappa shape index (κ3) is 1.25. The van der Waals surface area contributed by atoms with E-state index in [0.717, 1.165) is 11.3 Å². The van der Waals surface area contributed by atoms with Gasteiger partial charge in [-0.15, -0.1) is 0 Å². The van der Waals surface area contributed by atoms with Gasteiger partial charge in [-0.3, -0.25) is 0 Å². The molecule has 74 valence electrons. The highest BCUT2D eigenvalue weighted by atomic mass is 16.5. The van der Waals surface area contributed by atoms with Gasteiger partial charge >= 0.3 is 0 Å². The highest BCUT2D eigenvalue weighted by Crippen LogP contribution is 2.35. The van der Waals surface area contributed by atoms with Gasteiger partial charge in [-0.25, -0.2) is 4.98 Å². The maximum Gasteiger partial charge on any atom is 0.123 e. The lowest BCUT2D eigenvalue weighted by Crippen LogP contribution is -2.23. The molecule has 0 saturated heterocycles. The number of nitrogens with zero attached hydrogens (tertiary/aromatic N) is 1. The molecule has 2 rings (SSSR count). The Balaban J connectivity index is 2.56. The van der Waals surface area contributed by atoms with Crippen LogP contribution in [0.3, 0.4) is 0 Å². The van der Waals surface area contributed by atoms with Crippen molar-refractivity contribution in [2.75, 3.05) is 5.73 Å². The second-order valence-corrected chi connectivity index (χ2v) is 3.70. The first-order valence-corrected chi connectivity index (χ1v) is 4.72. The molecule has 0 aromatic carbocycles. The van der Waals surface area contributed by atoms with Crippen LogP contribution in [0.25, 0.3) is 5.76 Å². The molecule has 2 atom stereocenters. The van der Waals surface area contributed by atoms with Gasteiger partial charge < -0.3 is 10.5 Å². The van der Waals surface area contributed by atoms with E-state index in [1.54, 1.807) is 6.07 Å². The van der Waals surface area contributed by atoms with Crippen molar-refractivity contribution < 1.29 is 4.74 Å². The lowest BCUT2D eigenvalue weighted by atomic mass is 9.93. The van der Waals surface area contributed by atoms with Crippen LogP contribution >= 0.6 is 0 Å². The van der Waals surface area contributed by atoms with Crippen molar-refractivity contribution in [3.8, 4) is 0 Å². The highest BCUT2D eigenvalue weighted by molar-refractivity contribution is 5.63. The summed E-state index contributed by atoms with van der Waals surface area (Å²) < 4.78 is 5.59. The predicted octanol–water partition coefficient (Wildman–Crippen LogP) is 2.16. The van der Waals surface area contributed by atoms with E-state index in [9.17, 15) is 0 Å². The SMILES string of the molecule is C=C1OC(C)C(C)c2nc(N)ccc21. The topological polar surface area (TPSA) is 48.1 Å². The van der Waals surface area contributed by atoms with Crippen molar-refractivity contribution in [1.82, 2.24) is 4.98 Å². The Hall–Kier alpha value is -1.51.